The van der Waals surface area contributed by atoms with E-state index in [1.807, 2.05) is 20.8 Å². The van der Waals surface area contributed by atoms with Crippen LogP contribution in [-0.2, 0) is 57.4 Å². The number of hydroxylamine groups is 2. The largest absolute Gasteiger partial charge is 0.460 e. The molecule has 1 aliphatic rings. The van der Waals surface area contributed by atoms with Crippen LogP contribution >= 0.6 is 0 Å². The van der Waals surface area contributed by atoms with E-state index in [2.05, 4.69) is 10.6 Å². The van der Waals surface area contributed by atoms with Crippen molar-refractivity contribution in [1.82, 2.24) is 15.7 Å². The van der Waals surface area contributed by atoms with Crippen LogP contribution < -0.4 is 10.6 Å². The fraction of sp³-hybridized carbons (Fsp3) is 0.818. The molecule has 59 heavy (non-hydrogen) atoms. The third kappa shape index (κ3) is 27.4. The summed E-state index contributed by atoms with van der Waals surface area (Å²) >= 11 is 0. The Morgan fingerprint density at radius 2 is 0.814 bits per heavy atom. The predicted octanol–water partition coefficient (Wildman–Crippen LogP) is 7.39. The highest BCUT2D eigenvalue weighted by molar-refractivity contribution is 6.02. The van der Waals surface area contributed by atoms with Gasteiger partial charge in [0.25, 0.3) is 11.8 Å². The Morgan fingerprint density at radius 3 is 1.24 bits per heavy atom. The number of ether oxygens (including phenoxy) is 3. The van der Waals surface area contributed by atoms with Gasteiger partial charge < -0.3 is 29.7 Å². The lowest BCUT2D eigenvalue weighted by atomic mass is 10.0. The zero-order chi connectivity index (χ0) is 44.6. The second-order valence-electron chi connectivity index (χ2n) is 18.5. The van der Waals surface area contributed by atoms with E-state index in [0.717, 1.165) is 44.9 Å². The number of rotatable bonds is 28. The Balaban J connectivity index is 2.48. The van der Waals surface area contributed by atoms with Crippen LogP contribution in [0.4, 0.5) is 0 Å². The number of esters is 3. The highest BCUT2D eigenvalue weighted by Crippen LogP contribution is 2.18. The van der Waals surface area contributed by atoms with Crippen molar-refractivity contribution < 1.29 is 57.4 Å². The van der Waals surface area contributed by atoms with Crippen LogP contribution in [0.3, 0.4) is 0 Å². The Bertz CT molecular complexity index is 1360. The molecular weight excluding hydrogens is 762 g/mol. The van der Waals surface area contributed by atoms with Crippen molar-refractivity contribution in [1.29, 1.82) is 0 Å². The van der Waals surface area contributed by atoms with Crippen molar-refractivity contribution in [3.05, 3.63) is 0 Å². The minimum absolute atomic E-state index is 0.115. The molecule has 0 aromatic carbocycles. The molecule has 0 aromatic heterocycles. The van der Waals surface area contributed by atoms with Gasteiger partial charge in [-0.1, -0.05) is 77.0 Å². The quantitative estimate of drug-likeness (QED) is 0.0343. The van der Waals surface area contributed by atoms with Crippen LogP contribution in [0.5, 0.6) is 0 Å². The zero-order valence-electron chi connectivity index (χ0n) is 37.6. The fourth-order valence-electron chi connectivity index (χ4n) is 6.21. The third-order valence-electron chi connectivity index (χ3n) is 9.01. The molecule has 1 saturated heterocycles. The zero-order valence-corrected chi connectivity index (χ0v) is 37.6. The first-order chi connectivity index (χ1) is 27.5. The van der Waals surface area contributed by atoms with Gasteiger partial charge in [0.1, 0.15) is 28.9 Å². The summed E-state index contributed by atoms with van der Waals surface area (Å²) in [5.74, 6) is -5.01. The fourth-order valence-corrected chi connectivity index (χ4v) is 6.21. The molecule has 1 fully saturated rings. The van der Waals surface area contributed by atoms with Gasteiger partial charge in [0, 0.05) is 38.5 Å². The van der Waals surface area contributed by atoms with E-state index < -0.39 is 64.5 Å². The Labute approximate surface area is 352 Å². The number of nitrogens with zero attached hydrogens (tertiary/aromatic N) is 1. The molecule has 1 rings (SSSR count). The van der Waals surface area contributed by atoms with E-state index in [-0.39, 0.29) is 56.8 Å². The van der Waals surface area contributed by atoms with Crippen molar-refractivity contribution in [3.63, 3.8) is 0 Å². The predicted molar refractivity (Wildman–Crippen MR) is 221 cm³/mol. The molecule has 0 spiro atoms. The summed E-state index contributed by atoms with van der Waals surface area (Å²) in [5, 5.41) is 5.54. The van der Waals surface area contributed by atoms with Gasteiger partial charge in [-0.2, -0.15) is 0 Å². The first-order valence-corrected chi connectivity index (χ1v) is 21.8. The molecule has 338 valence electrons. The minimum Gasteiger partial charge on any atom is -0.460 e. The molecule has 2 N–H and O–H groups in total. The Kier molecular flexibility index (Phi) is 24.2. The van der Waals surface area contributed by atoms with E-state index in [4.69, 9.17) is 19.0 Å². The average molecular weight is 838 g/mol. The maximum absolute atomic E-state index is 13.1. The molecule has 4 amide bonds. The summed E-state index contributed by atoms with van der Waals surface area (Å²) < 4.78 is 16.1. The molecule has 15 heteroatoms. The van der Waals surface area contributed by atoms with Gasteiger partial charge in [-0.25, -0.2) is 9.59 Å². The van der Waals surface area contributed by atoms with Crippen LogP contribution in [0.15, 0.2) is 0 Å². The molecule has 1 aliphatic heterocycles. The number of unbranched alkanes of at least 4 members (excludes halogenated alkanes) is 13. The molecule has 0 bridgehead atoms. The highest BCUT2D eigenvalue weighted by atomic mass is 16.7. The Hall–Kier alpha value is -4.04. The molecular formula is C44H75N3O12. The number of imide groups is 1. The van der Waals surface area contributed by atoms with Crippen molar-refractivity contribution in [3.8, 4) is 0 Å². The number of nitrogens with one attached hydrogen (secondary N) is 2. The van der Waals surface area contributed by atoms with E-state index in [9.17, 15) is 38.4 Å². The molecule has 0 aliphatic carbocycles. The second-order valence-corrected chi connectivity index (χ2v) is 18.5. The molecule has 0 saturated carbocycles. The maximum atomic E-state index is 13.1. The Morgan fingerprint density at radius 1 is 0.475 bits per heavy atom. The van der Waals surface area contributed by atoms with Crippen molar-refractivity contribution in [2.24, 2.45) is 0 Å². The maximum Gasteiger partial charge on any atom is 0.355 e. The van der Waals surface area contributed by atoms with Crippen LogP contribution in [0.1, 0.15) is 204 Å². The number of amides is 4. The number of carbonyl (C=O) groups excluding carboxylic acids is 8. The minimum atomic E-state index is -1.42. The number of carbonyl (C=O) groups is 8. The first-order valence-electron chi connectivity index (χ1n) is 21.8. The lowest BCUT2D eigenvalue weighted by Crippen LogP contribution is -2.47. The summed E-state index contributed by atoms with van der Waals surface area (Å²) in [4.78, 5) is 105. The normalized spacial score (nSPS) is 14.4. The molecule has 0 aromatic rings. The van der Waals surface area contributed by atoms with E-state index >= 15 is 0 Å². The van der Waals surface area contributed by atoms with Crippen LogP contribution in [-0.4, -0.2) is 81.5 Å². The van der Waals surface area contributed by atoms with Gasteiger partial charge in [-0.05, 0) is 88.0 Å². The summed E-state index contributed by atoms with van der Waals surface area (Å²) in [6, 6.07) is -2.56. The molecule has 2 atom stereocenters. The van der Waals surface area contributed by atoms with Gasteiger partial charge in [0.2, 0.25) is 11.8 Å². The van der Waals surface area contributed by atoms with Gasteiger partial charge >= 0.3 is 23.9 Å². The van der Waals surface area contributed by atoms with E-state index in [0.29, 0.717) is 17.9 Å². The SMILES string of the molecule is CC(C)(C)OC(=O)CCCCCCCCCCCCCCCCC(=O)N[C@@H](CCC(=O)N[C@@H](CCC(=O)OC(C)(C)C)C(=O)ON1C(=O)CCC1=O)C(=O)OC(C)(C)C. The number of hydrogen-bond acceptors (Lipinski definition) is 12. The lowest BCUT2D eigenvalue weighted by molar-refractivity contribution is -0.199. The first kappa shape index (κ1) is 53.0. The molecule has 0 radical (unpaired) electrons. The number of hydrogen-bond donors (Lipinski definition) is 2. The van der Waals surface area contributed by atoms with E-state index in [1.54, 1.807) is 41.5 Å². The second kappa shape index (κ2) is 26.9. The van der Waals surface area contributed by atoms with Crippen LogP contribution in [0, 0.1) is 0 Å². The standard InChI is InChI=1S/C44H75N3O12/c1-42(2,3)56-38(52)25-23-21-19-17-15-13-11-10-12-14-16-18-20-22-24-34(48)45-32(40(54)58-44(7,8)9)26-28-35(49)46-33(27-31-39(53)57-43(4,5)6)41(55)59-47-36(50)29-30-37(47)51/h32-33H,10-31H2,1-9H3,(H,45,48)(H,46,49)/t32-,33-/m0/s1. The van der Waals surface area contributed by atoms with Crippen molar-refractivity contribution >= 4 is 47.5 Å². The van der Waals surface area contributed by atoms with Crippen molar-refractivity contribution in [2.75, 3.05) is 0 Å². The average Bonchev–Trinajstić information content (AvgIpc) is 3.41. The molecule has 0 unspecified atom stereocenters. The highest BCUT2D eigenvalue weighted by Gasteiger charge is 2.36. The van der Waals surface area contributed by atoms with E-state index in [1.165, 1.54) is 38.5 Å². The van der Waals surface area contributed by atoms with Gasteiger partial charge in [-0.3, -0.25) is 28.8 Å². The lowest BCUT2D eigenvalue weighted by Gasteiger charge is -2.25. The monoisotopic (exact) mass is 838 g/mol. The third-order valence-corrected chi connectivity index (χ3v) is 9.01. The summed E-state index contributed by atoms with van der Waals surface area (Å²) in [7, 11) is 0. The molecule has 15 nitrogen and oxygen atoms in total. The summed E-state index contributed by atoms with van der Waals surface area (Å²) in [6.07, 6.45) is 14.6. The summed E-state index contributed by atoms with van der Waals surface area (Å²) in [5.41, 5.74) is -2.06. The van der Waals surface area contributed by atoms with Crippen LogP contribution in [0.2, 0.25) is 0 Å². The van der Waals surface area contributed by atoms with Crippen molar-refractivity contribution in [2.45, 2.75) is 232 Å². The van der Waals surface area contributed by atoms with Gasteiger partial charge in [0.05, 0.1) is 0 Å². The summed E-state index contributed by atoms with van der Waals surface area (Å²) in [6.45, 7) is 15.8. The van der Waals surface area contributed by atoms with Gasteiger partial charge in [0.15, 0.2) is 0 Å². The van der Waals surface area contributed by atoms with Crippen LogP contribution in [0.25, 0.3) is 0 Å². The smallest absolute Gasteiger partial charge is 0.355 e. The molecule has 1 heterocycles. The van der Waals surface area contributed by atoms with Gasteiger partial charge in [-0.15, -0.1) is 5.06 Å². The topological polar surface area (TPSA) is 201 Å².